The van der Waals surface area contributed by atoms with Crippen LogP contribution in [0.2, 0.25) is 0 Å². The maximum absolute atomic E-state index is 13.4. The fourth-order valence-corrected chi connectivity index (χ4v) is 3.33. The molecular formula is C24H27F3N4O7S. The zero-order valence-corrected chi connectivity index (χ0v) is 21.5. The second-order valence-electron chi connectivity index (χ2n) is 8.24. The average molecular weight is 573 g/mol. The van der Waals surface area contributed by atoms with Gasteiger partial charge in [-0.3, -0.25) is 10.1 Å². The van der Waals surface area contributed by atoms with Gasteiger partial charge in [0.25, 0.3) is 16.0 Å². The first-order valence-corrected chi connectivity index (χ1v) is 13.3. The Morgan fingerprint density at radius 3 is 2.59 bits per heavy atom. The number of amides is 1. The van der Waals surface area contributed by atoms with Gasteiger partial charge in [-0.1, -0.05) is 6.07 Å². The highest BCUT2D eigenvalue weighted by molar-refractivity contribution is 7.85. The van der Waals surface area contributed by atoms with Gasteiger partial charge < -0.3 is 19.6 Å². The number of rotatable bonds is 15. The number of hydrogen-bond acceptors (Lipinski definition) is 9. The molecule has 4 N–H and O–H groups in total. The van der Waals surface area contributed by atoms with Gasteiger partial charge in [0.05, 0.1) is 19.1 Å². The summed E-state index contributed by atoms with van der Waals surface area (Å²) in [5.41, 5.74) is 1.83. The fraction of sp³-hybridized carbons (Fsp3) is 0.333. The van der Waals surface area contributed by atoms with Gasteiger partial charge in [0.2, 0.25) is 0 Å². The maximum atomic E-state index is 13.4. The van der Waals surface area contributed by atoms with Gasteiger partial charge >= 0.3 is 5.92 Å². The van der Waals surface area contributed by atoms with Gasteiger partial charge in [0, 0.05) is 17.7 Å². The number of nitrogens with zero attached hydrogens (tertiary/aromatic N) is 1. The molecule has 1 unspecified atom stereocenters. The molecule has 0 spiro atoms. The Hall–Kier alpha value is -3.66. The summed E-state index contributed by atoms with van der Waals surface area (Å²) in [6, 6.07) is 12.4. The van der Waals surface area contributed by atoms with Crippen LogP contribution in [0.4, 0.5) is 13.2 Å². The van der Waals surface area contributed by atoms with Crippen LogP contribution in [0.5, 0.6) is 11.5 Å². The van der Waals surface area contributed by atoms with E-state index in [-0.39, 0.29) is 23.7 Å². The van der Waals surface area contributed by atoms with Crippen molar-refractivity contribution in [3.8, 4) is 22.9 Å². The zero-order valence-electron chi connectivity index (χ0n) is 20.7. The molecule has 212 valence electrons. The molecule has 0 fully saturated rings. The van der Waals surface area contributed by atoms with Crippen LogP contribution in [0.1, 0.15) is 22.5 Å². The number of carbonyl (C=O) groups excluding carboxylic acids is 1. The lowest BCUT2D eigenvalue weighted by Crippen LogP contribution is -2.35. The van der Waals surface area contributed by atoms with Crippen molar-refractivity contribution < 1.29 is 45.2 Å². The largest absolute Gasteiger partial charge is 0.494 e. The van der Waals surface area contributed by atoms with Crippen LogP contribution < -0.4 is 20.3 Å². The van der Waals surface area contributed by atoms with Gasteiger partial charge in [0.1, 0.15) is 35.9 Å². The molecule has 3 aromatic rings. The smallest absolute Gasteiger partial charge is 0.316 e. The summed E-state index contributed by atoms with van der Waals surface area (Å²) in [6.45, 7) is -1.23. The molecule has 0 saturated heterocycles. The number of alkyl halides is 3. The number of nitrogens with one attached hydrogen (secondary N) is 3. The molecule has 0 aliphatic carbocycles. The Bertz CT molecular complexity index is 1340. The molecule has 0 aliphatic heterocycles. The van der Waals surface area contributed by atoms with Crippen molar-refractivity contribution in [3.05, 3.63) is 66.0 Å². The first kappa shape index (κ1) is 29.9. The first-order chi connectivity index (χ1) is 18.5. The predicted molar refractivity (Wildman–Crippen MR) is 133 cm³/mol. The Morgan fingerprint density at radius 2 is 1.90 bits per heavy atom. The Labute approximate surface area is 222 Å². The molecule has 3 rings (SSSR count). The van der Waals surface area contributed by atoms with E-state index in [2.05, 4.69) is 19.6 Å². The van der Waals surface area contributed by atoms with E-state index in [1.165, 1.54) is 18.2 Å². The molecule has 0 aliphatic rings. The highest BCUT2D eigenvalue weighted by atomic mass is 32.2. The van der Waals surface area contributed by atoms with Crippen molar-refractivity contribution in [1.29, 1.82) is 0 Å². The van der Waals surface area contributed by atoms with Crippen molar-refractivity contribution >= 4 is 16.0 Å². The number of H-pyrrole nitrogens is 1. The minimum Gasteiger partial charge on any atom is -0.494 e. The number of imidazole rings is 1. The molecule has 2 aromatic carbocycles. The van der Waals surface area contributed by atoms with Crippen LogP contribution in [0.25, 0.3) is 11.4 Å². The van der Waals surface area contributed by atoms with Crippen LogP contribution in [-0.2, 0) is 20.3 Å². The van der Waals surface area contributed by atoms with E-state index in [9.17, 15) is 31.5 Å². The van der Waals surface area contributed by atoms with Crippen LogP contribution in [-0.4, -0.2) is 68.3 Å². The van der Waals surface area contributed by atoms with Gasteiger partial charge in [-0.05, 0) is 48.9 Å². The summed E-state index contributed by atoms with van der Waals surface area (Å²) < 4.78 is 76.6. The van der Waals surface area contributed by atoms with E-state index < -0.39 is 40.5 Å². The first-order valence-electron chi connectivity index (χ1n) is 11.5. The third kappa shape index (κ3) is 9.55. The molecule has 0 saturated carbocycles. The molecule has 1 aromatic heterocycles. The number of benzene rings is 2. The summed E-state index contributed by atoms with van der Waals surface area (Å²) in [5, 5.41) is 12.9. The molecule has 1 amide bonds. The van der Waals surface area contributed by atoms with Crippen molar-refractivity contribution in [2.75, 3.05) is 32.7 Å². The van der Waals surface area contributed by atoms with E-state index in [0.29, 0.717) is 30.9 Å². The molecule has 39 heavy (non-hydrogen) atoms. The predicted octanol–water partition coefficient (Wildman–Crippen LogP) is 2.51. The number of hydrogen-bond donors (Lipinski definition) is 4. The Morgan fingerprint density at radius 1 is 1.15 bits per heavy atom. The number of aliphatic hydroxyl groups is 1. The van der Waals surface area contributed by atoms with Crippen LogP contribution >= 0.6 is 0 Å². The second-order valence-corrected chi connectivity index (χ2v) is 9.81. The van der Waals surface area contributed by atoms with Crippen LogP contribution in [0.15, 0.2) is 54.7 Å². The second kappa shape index (κ2) is 13.4. The van der Waals surface area contributed by atoms with Gasteiger partial charge in [-0.15, -0.1) is 4.28 Å². The van der Waals surface area contributed by atoms with E-state index in [0.717, 1.165) is 12.5 Å². The topological polar surface area (TPSA) is 152 Å². The van der Waals surface area contributed by atoms with E-state index in [1.807, 2.05) is 0 Å². The van der Waals surface area contributed by atoms with Crippen molar-refractivity contribution in [2.45, 2.75) is 18.6 Å². The van der Waals surface area contributed by atoms with Crippen molar-refractivity contribution in [2.24, 2.45) is 0 Å². The molecule has 11 nitrogen and oxygen atoms in total. The van der Waals surface area contributed by atoms with E-state index in [4.69, 9.17) is 9.47 Å². The molecule has 0 bridgehead atoms. The number of halogens is 3. The SMILES string of the molecule is CS(=O)(=O)ONC(=O)c1cccc(OCC(O)NCCCOc2ccc(-c3ncc(C(F)(F)CF)[nH]3)cc2)c1. The average Bonchev–Trinajstić information content (AvgIpc) is 3.42. The maximum Gasteiger partial charge on any atom is 0.316 e. The number of aromatic amines is 1. The number of hydroxylamine groups is 1. The molecule has 0 radical (unpaired) electrons. The van der Waals surface area contributed by atoms with Crippen LogP contribution in [0, 0.1) is 0 Å². The molecular weight excluding hydrogens is 545 g/mol. The lowest BCUT2D eigenvalue weighted by Gasteiger charge is -2.15. The Balaban J connectivity index is 1.35. The standard InChI is InChI=1S/C24H27F3N4O7S/c1-39(34,35)38-31-23(33)17-4-2-5-19(12-17)37-14-21(32)28-10-3-11-36-18-8-6-16(7-9-18)22-29-13-20(30-22)24(26,27)15-25/h2,4-9,12-13,21,28,32H,3,10-11,14-15H2,1H3,(H,29,30)(H,31,33). The molecule has 15 heteroatoms. The molecule has 1 heterocycles. The normalized spacial score (nSPS) is 12.6. The minimum atomic E-state index is -3.85. The lowest BCUT2D eigenvalue weighted by molar-refractivity contribution is -0.0317. The highest BCUT2D eigenvalue weighted by Crippen LogP contribution is 2.29. The quantitative estimate of drug-likeness (QED) is 0.122. The lowest BCUT2D eigenvalue weighted by atomic mass is 10.2. The Kier molecular flexibility index (Phi) is 10.3. The number of ether oxygens (including phenoxy) is 2. The third-order valence-electron chi connectivity index (χ3n) is 5.03. The fourth-order valence-electron chi connectivity index (χ4n) is 3.10. The van der Waals surface area contributed by atoms with E-state index >= 15 is 0 Å². The number of aromatic nitrogens is 2. The monoisotopic (exact) mass is 572 g/mol. The highest BCUT2D eigenvalue weighted by Gasteiger charge is 2.34. The van der Waals surface area contributed by atoms with Crippen molar-refractivity contribution in [3.63, 3.8) is 0 Å². The summed E-state index contributed by atoms with van der Waals surface area (Å²) >= 11 is 0. The van der Waals surface area contributed by atoms with E-state index in [1.54, 1.807) is 35.8 Å². The zero-order chi connectivity index (χ0) is 28.5. The molecule has 1 atom stereocenters. The third-order valence-corrected chi connectivity index (χ3v) is 5.41. The van der Waals surface area contributed by atoms with Gasteiger partial charge in [0.15, 0.2) is 6.67 Å². The van der Waals surface area contributed by atoms with Crippen molar-refractivity contribution in [1.82, 2.24) is 20.8 Å². The van der Waals surface area contributed by atoms with Crippen LogP contribution in [0.3, 0.4) is 0 Å². The summed E-state index contributed by atoms with van der Waals surface area (Å²) in [6.07, 6.45) is 1.21. The summed E-state index contributed by atoms with van der Waals surface area (Å²) in [4.78, 5) is 18.2. The van der Waals surface area contributed by atoms with Gasteiger partial charge in [-0.2, -0.15) is 17.2 Å². The summed E-state index contributed by atoms with van der Waals surface area (Å²) in [5.74, 6) is -3.41. The number of aliphatic hydroxyl groups excluding tert-OH is 1. The summed E-state index contributed by atoms with van der Waals surface area (Å²) in [7, 11) is -3.85. The van der Waals surface area contributed by atoms with Gasteiger partial charge in [-0.25, -0.2) is 14.9 Å². The number of carbonyl (C=O) groups is 1. The minimum absolute atomic E-state index is 0.0936.